The van der Waals surface area contributed by atoms with E-state index < -0.39 is 63.9 Å². The van der Waals surface area contributed by atoms with Gasteiger partial charge < -0.3 is 19.9 Å². The number of thiophene rings is 1. The molecule has 2 aliphatic heterocycles. The Morgan fingerprint density at radius 1 is 1.07 bits per heavy atom. The fourth-order valence-electron chi connectivity index (χ4n) is 7.34. The number of alkyl halides is 6. The molecule has 1 unspecified atom stereocenters. The normalized spacial score (nSPS) is 20.2. The summed E-state index contributed by atoms with van der Waals surface area (Å²) in [5, 5.41) is 17.6. The number of amides is 3. The van der Waals surface area contributed by atoms with Crippen LogP contribution in [0.25, 0.3) is 0 Å². The number of pyridine rings is 1. The minimum atomic E-state index is -4.93. The van der Waals surface area contributed by atoms with E-state index in [1.54, 1.807) is 25.1 Å². The van der Waals surface area contributed by atoms with Gasteiger partial charge in [0.2, 0.25) is 11.5 Å². The molecular weight excluding hydrogens is 778 g/mol. The van der Waals surface area contributed by atoms with Crippen molar-refractivity contribution in [2.75, 3.05) is 13.1 Å². The fourth-order valence-corrected chi connectivity index (χ4v) is 8.22. The summed E-state index contributed by atoms with van der Waals surface area (Å²) >= 11 is 6.68. The molecule has 55 heavy (non-hydrogen) atoms. The number of aromatic amines is 1. The van der Waals surface area contributed by atoms with Crippen molar-refractivity contribution in [3.63, 3.8) is 0 Å². The second-order valence-corrected chi connectivity index (χ2v) is 14.5. The molecule has 0 bridgehead atoms. The Morgan fingerprint density at radius 2 is 1.87 bits per heavy atom. The number of hydrogen-bond acceptors (Lipinski definition) is 9. The summed E-state index contributed by atoms with van der Waals surface area (Å²) in [4.78, 5) is 48.1. The number of ether oxygens (including phenoxy) is 1. The number of halogens is 7. The van der Waals surface area contributed by atoms with Crippen LogP contribution in [0.2, 0.25) is 5.02 Å². The van der Waals surface area contributed by atoms with Gasteiger partial charge in [0.25, 0.3) is 11.8 Å². The van der Waals surface area contributed by atoms with Gasteiger partial charge in [0.1, 0.15) is 16.3 Å². The SMILES string of the molecule is CCC[C@H]1N(C(=O)c2ncccc2C(F)(F)F)CCC[C@]1(Oc1csc(C(F)(F)F)c1)C(=O)N1CCc2cc(Cl)ccc2C1CCC(=O)NCc1nn[nH]n1. The van der Waals surface area contributed by atoms with Crippen molar-refractivity contribution in [3.8, 4) is 5.75 Å². The van der Waals surface area contributed by atoms with E-state index in [4.69, 9.17) is 16.3 Å². The minimum Gasteiger partial charge on any atom is -0.474 e. The highest BCUT2D eigenvalue weighted by Gasteiger charge is 2.57. The molecular formula is C35H35ClF6N8O4S. The third-order valence-electron chi connectivity index (χ3n) is 9.72. The van der Waals surface area contributed by atoms with Gasteiger partial charge in [-0.25, -0.2) is 0 Å². The lowest BCUT2D eigenvalue weighted by molar-refractivity contribution is -0.163. The molecule has 3 amide bonds. The van der Waals surface area contributed by atoms with Crippen molar-refractivity contribution in [2.24, 2.45) is 0 Å². The first kappa shape index (κ1) is 39.9. The van der Waals surface area contributed by atoms with Crippen molar-refractivity contribution in [2.45, 2.75) is 88.5 Å². The standard InChI is InChI=1S/C35H35ClF6N8O4S/c1-2-5-26-33(54-22-17-27(55-19-22)35(40,41)42,12-4-14-50(26)31(52)30-24(34(37,38)39)6-3-13-43-30)32(53)49-15-11-20-16-21(36)7-8-23(20)25(49)9-10-29(51)44-18-28-45-47-48-46-28/h3,6-8,13,16-17,19,25-26H,2,4-5,9-12,14-15,18H2,1H3,(H,44,51)(H,45,46,47,48)/t25?,26-,33-/m1/s1. The van der Waals surface area contributed by atoms with E-state index in [1.165, 1.54) is 4.90 Å². The number of fused-ring (bicyclic) bond motifs is 1. The fraction of sp³-hybridized carbons (Fsp3) is 0.457. The predicted molar refractivity (Wildman–Crippen MR) is 186 cm³/mol. The van der Waals surface area contributed by atoms with Crippen LogP contribution in [-0.4, -0.2) is 77.9 Å². The summed E-state index contributed by atoms with van der Waals surface area (Å²) in [7, 11) is 0. The minimum absolute atomic E-state index is 0.0127. The van der Waals surface area contributed by atoms with Gasteiger partial charge in [-0.3, -0.25) is 19.4 Å². The van der Waals surface area contributed by atoms with Crippen molar-refractivity contribution >= 4 is 40.7 Å². The number of piperidine rings is 1. The third kappa shape index (κ3) is 8.56. The van der Waals surface area contributed by atoms with E-state index in [9.17, 15) is 35.9 Å². The zero-order valence-electron chi connectivity index (χ0n) is 29.2. The van der Waals surface area contributed by atoms with E-state index in [0.717, 1.165) is 40.2 Å². The summed E-state index contributed by atoms with van der Waals surface area (Å²) < 4.78 is 90.2. The number of nitrogens with one attached hydrogen (secondary N) is 2. The van der Waals surface area contributed by atoms with Crippen molar-refractivity contribution in [3.05, 3.63) is 86.1 Å². The number of carbonyl (C=O) groups is 3. The van der Waals surface area contributed by atoms with E-state index in [0.29, 0.717) is 34.8 Å². The van der Waals surface area contributed by atoms with Crippen molar-refractivity contribution < 1.29 is 45.5 Å². The molecule has 4 aromatic rings. The van der Waals surface area contributed by atoms with Gasteiger partial charge in [0.15, 0.2) is 5.82 Å². The summed E-state index contributed by atoms with van der Waals surface area (Å²) in [6, 6.07) is 5.69. The third-order valence-corrected chi connectivity index (χ3v) is 10.9. The van der Waals surface area contributed by atoms with Crippen LogP contribution in [0, 0.1) is 0 Å². The van der Waals surface area contributed by atoms with Gasteiger partial charge in [-0.05, 0) is 61.1 Å². The van der Waals surface area contributed by atoms with Gasteiger partial charge in [-0.15, -0.1) is 21.5 Å². The highest BCUT2D eigenvalue weighted by atomic mass is 35.5. The Morgan fingerprint density at radius 3 is 2.56 bits per heavy atom. The maximum absolute atomic E-state index is 15.4. The Kier molecular flexibility index (Phi) is 11.7. The van der Waals surface area contributed by atoms with Gasteiger partial charge in [0, 0.05) is 48.6 Å². The molecule has 6 rings (SSSR count). The monoisotopic (exact) mass is 812 g/mol. The largest absolute Gasteiger partial charge is 0.474 e. The van der Waals surface area contributed by atoms with Gasteiger partial charge >= 0.3 is 12.4 Å². The van der Waals surface area contributed by atoms with E-state index >= 15 is 4.79 Å². The molecule has 12 nitrogen and oxygen atoms in total. The van der Waals surface area contributed by atoms with Gasteiger partial charge in [-0.2, -0.15) is 31.6 Å². The number of rotatable bonds is 11. The Labute approximate surface area is 319 Å². The highest BCUT2D eigenvalue weighted by molar-refractivity contribution is 7.10. The smallest absolute Gasteiger partial charge is 0.425 e. The maximum atomic E-state index is 15.4. The summed E-state index contributed by atoms with van der Waals surface area (Å²) in [5.41, 5.74) is -2.70. The number of aromatic nitrogens is 5. The van der Waals surface area contributed by atoms with Gasteiger partial charge in [-0.1, -0.05) is 36.2 Å². The van der Waals surface area contributed by atoms with Gasteiger partial charge in [0.05, 0.1) is 24.2 Å². The molecule has 2 N–H and O–H groups in total. The lowest BCUT2D eigenvalue weighted by Crippen LogP contribution is -2.68. The topological polar surface area (TPSA) is 146 Å². The van der Waals surface area contributed by atoms with Crippen molar-refractivity contribution in [1.29, 1.82) is 0 Å². The van der Waals surface area contributed by atoms with Crippen LogP contribution >= 0.6 is 22.9 Å². The summed E-state index contributed by atoms with van der Waals surface area (Å²) in [6.07, 6.45) is -7.91. The first-order valence-corrected chi connectivity index (χ1v) is 18.6. The molecule has 1 saturated heterocycles. The molecule has 1 fully saturated rings. The predicted octanol–water partition coefficient (Wildman–Crippen LogP) is 6.79. The van der Waals surface area contributed by atoms with E-state index in [1.807, 2.05) is 0 Å². The molecule has 294 valence electrons. The Bertz CT molecular complexity index is 2010. The zero-order valence-corrected chi connectivity index (χ0v) is 30.8. The van der Waals surface area contributed by atoms with Crippen LogP contribution in [0.3, 0.4) is 0 Å². The van der Waals surface area contributed by atoms with E-state index in [-0.39, 0.29) is 63.3 Å². The van der Waals surface area contributed by atoms with Crippen LogP contribution in [0.1, 0.15) is 89.4 Å². The number of H-pyrrole nitrogens is 1. The molecule has 5 heterocycles. The molecule has 3 atom stereocenters. The number of hydrogen-bond donors (Lipinski definition) is 2. The zero-order chi connectivity index (χ0) is 39.5. The van der Waals surface area contributed by atoms with E-state index in [2.05, 4.69) is 30.9 Å². The molecule has 20 heteroatoms. The molecule has 0 aliphatic carbocycles. The first-order valence-electron chi connectivity index (χ1n) is 17.4. The van der Waals surface area contributed by atoms with Crippen LogP contribution in [0.5, 0.6) is 5.75 Å². The van der Waals surface area contributed by atoms with Crippen molar-refractivity contribution in [1.82, 2.24) is 40.7 Å². The quantitative estimate of drug-likeness (QED) is 0.158. The van der Waals surface area contributed by atoms with Crippen LogP contribution in [-0.2, 0) is 34.9 Å². The van der Waals surface area contributed by atoms with Crippen LogP contribution in [0.4, 0.5) is 26.3 Å². The molecule has 0 radical (unpaired) electrons. The summed E-state index contributed by atoms with van der Waals surface area (Å²) in [6.45, 7) is 1.74. The number of benzene rings is 1. The number of carbonyl (C=O) groups excluding carboxylic acids is 3. The molecule has 3 aromatic heterocycles. The highest BCUT2D eigenvalue weighted by Crippen LogP contribution is 2.45. The maximum Gasteiger partial charge on any atom is 0.425 e. The van der Waals surface area contributed by atoms with Crippen LogP contribution in [0.15, 0.2) is 48.0 Å². The average molecular weight is 813 g/mol. The second-order valence-electron chi connectivity index (χ2n) is 13.2. The number of nitrogens with zero attached hydrogens (tertiary/aromatic N) is 6. The molecule has 1 aromatic carbocycles. The number of likely N-dealkylation sites (tertiary alicyclic amines) is 1. The molecule has 0 saturated carbocycles. The number of tetrazole rings is 1. The van der Waals surface area contributed by atoms with Crippen LogP contribution < -0.4 is 10.1 Å². The Hall–Kier alpha value is -4.78. The Balaban J connectivity index is 1.41. The first-order chi connectivity index (χ1) is 26.1. The molecule has 0 spiro atoms. The lowest BCUT2D eigenvalue weighted by atomic mass is 9.78. The molecule has 2 aliphatic rings. The lowest BCUT2D eigenvalue weighted by Gasteiger charge is -2.51. The second kappa shape index (κ2) is 16.1. The average Bonchev–Trinajstić information content (AvgIpc) is 3.85. The summed E-state index contributed by atoms with van der Waals surface area (Å²) in [5.74, 6) is -2.21.